The zero-order chi connectivity index (χ0) is 19.5. The Morgan fingerprint density at radius 3 is 2.86 bits per heavy atom. The smallest absolute Gasteiger partial charge is 0.265 e. The molecule has 7 heteroatoms. The van der Waals surface area contributed by atoms with E-state index in [-0.39, 0.29) is 19.1 Å². The second kappa shape index (κ2) is 7.56. The summed E-state index contributed by atoms with van der Waals surface area (Å²) < 4.78 is 11.2. The van der Waals surface area contributed by atoms with Crippen LogP contribution in [0.15, 0.2) is 58.0 Å². The van der Waals surface area contributed by atoms with Gasteiger partial charge in [0.1, 0.15) is 23.6 Å². The molecular weight excluding hydrogens is 358 g/mol. The fourth-order valence-electron chi connectivity index (χ4n) is 3.20. The number of para-hydroxylation sites is 3. The largest absolute Gasteiger partial charge is 0.482 e. The van der Waals surface area contributed by atoms with Crippen LogP contribution in [0.1, 0.15) is 18.2 Å². The van der Waals surface area contributed by atoms with Gasteiger partial charge in [-0.2, -0.15) is 5.10 Å². The number of hydrazone groups is 1. The second-order valence-electron chi connectivity index (χ2n) is 6.32. The van der Waals surface area contributed by atoms with E-state index in [1.807, 2.05) is 37.3 Å². The van der Waals surface area contributed by atoms with Gasteiger partial charge in [0.25, 0.3) is 11.8 Å². The van der Waals surface area contributed by atoms with Crippen LogP contribution in [-0.4, -0.2) is 31.2 Å². The van der Waals surface area contributed by atoms with Crippen molar-refractivity contribution in [2.24, 2.45) is 5.10 Å². The van der Waals surface area contributed by atoms with Crippen LogP contribution in [0.5, 0.6) is 5.75 Å². The number of hydrogen-bond acceptors (Lipinski definition) is 5. The third kappa shape index (κ3) is 3.34. The van der Waals surface area contributed by atoms with Gasteiger partial charge in [-0.15, -0.1) is 0 Å². The molecule has 0 radical (unpaired) electrons. The zero-order valence-electron chi connectivity index (χ0n) is 15.3. The summed E-state index contributed by atoms with van der Waals surface area (Å²) in [4.78, 5) is 25.9. The number of carbonyl (C=O) groups excluding carboxylic acids is 2. The molecule has 0 spiro atoms. The highest BCUT2D eigenvalue weighted by Gasteiger charge is 2.26. The summed E-state index contributed by atoms with van der Waals surface area (Å²) in [6.45, 7) is 1.77. The topological polar surface area (TPSA) is 84.1 Å². The maximum atomic E-state index is 12.3. The molecular formula is C21H19N3O4. The minimum atomic E-state index is -0.396. The van der Waals surface area contributed by atoms with Crippen LogP contribution >= 0.6 is 0 Å². The van der Waals surface area contributed by atoms with Gasteiger partial charge < -0.3 is 9.15 Å². The van der Waals surface area contributed by atoms with Gasteiger partial charge in [0.2, 0.25) is 0 Å². The Kier molecular flexibility index (Phi) is 4.80. The molecule has 0 saturated heterocycles. The molecule has 1 aliphatic rings. The number of furan rings is 1. The number of carbonyl (C=O) groups is 2. The van der Waals surface area contributed by atoms with E-state index in [2.05, 4.69) is 10.5 Å². The maximum Gasteiger partial charge on any atom is 0.265 e. The van der Waals surface area contributed by atoms with Crippen molar-refractivity contribution in [2.75, 3.05) is 18.1 Å². The highest BCUT2D eigenvalue weighted by Crippen LogP contribution is 2.31. The minimum Gasteiger partial charge on any atom is -0.482 e. The summed E-state index contributed by atoms with van der Waals surface area (Å²) in [6, 6.07) is 14.8. The molecule has 0 aliphatic carbocycles. The van der Waals surface area contributed by atoms with Gasteiger partial charge in [-0.05, 0) is 18.2 Å². The molecule has 2 aromatic carbocycles. The van der Waals surface area contributed by atoms with Crippen LogP contribution in [-0.2, 0) is 16.0 Å². The second-order valence-corrected chi connectivity index (χ2v) is 6.32. The van der Waals surface area contributed by atoms with Crippen molar-refractivity contribution in [3.8, 4) is 5.75 Å². The number of benzene rings is 2. The first-order valence-corrected chi connectivity index (χ1v) is 9.02. The number of amides is 2. The summed E-state index contributed by atoms with van der Waals surface area (Å²) in [5.74, 6) is 0.714. The molecule has 142 valence electrons. The molecule has 1 N–H and O–H groups in total. The number of anilines is 1. The number of ether oxygens (including phenoxy) is 1. The van der Waals surface area contributed by atoms with E-state index in [4.69, 9.17) is 9.15 Å². The number of nitrogens with one attached hydrogen (secondary N) is 1. The first-order chi connectivity index (χ1) is 13.7. The fourth-order valence-corrected chi connectivity index (χ4v) is 3.20. The third-order valence-electron chi connectivity index (χ3n) is 4.52. The van der Waals surface area contributed by atoms with E-state index in [9.17, 15) is 9.59 Å². The highest BCUT2D eigenvalue weighted by atomic mass is 16.5. The van der Waals surface area contributed by atoms with Gasteiger partial charge in [0.15, 0.2) is 6.61 Å². The van der Waals surface area contributed by atoms with E-state index in [1.165, 1.54) is 4.90 Å². The number of aryl methyl sites for hydroxylation is 1. The Bertz CT molecular complexity index is 1070. The molecule has 0 saturated carbocycles. The Labute approximate surface area is 161 Å². The molecule has 2 amide bonds. The van der Waals surface area contributed by atoms with Crippen molar-refractivity contribution in [1.82, 2.24) is 5.43 Å². The average molecular weight is 377 g/mol. The van der Waals surface area contributed by atoms with Crippen LogP contribution < -0.4 is 15.1 Å². The van der Waals surface area contributed by atoms with Crippen molar-refractivity contribution in [2.45, 2.75) is 13.3 Å². The van der Waals surface area contributed by atoms with Gasteiger partial charge in [0, 0.05) is 17.4 Å². The van der Waals surface area contributed by atoms with E-state index in [0.29, 0.717) is 17.9 Å². The molecule has 1 aromatic heterocycles. The first-order valence-electron chi connectivity index (χ1n) is 9.02. The predicted molar refractivity (Wildman–Crippen MR) is 106 cm³/mol. The third-order valence-corrected chi connectivity index (χ3v) is 4.52. The van der Waals surface area contributed by atoms with Crippen molar-refractivity contribution in [3.63, 3.8) is 0 Å². The number of hydrogen-bond donors (Lipinski definition) is 1. The molecule has 7 nitrogen and oxygen atoms in total. The normalized spacial score (nSPS) is 13.6. The van der Waals surface area contributed by atoms with Crippen LogP contribution in [0.25, 0.3) is 11.0 Å². The van der Waals surface area contributed by atoms with Crippen LogP contribution in [0.4, 0.5) is 5.69 Å². The van der Waals surface area contributed by atoms with Gasteiger partial charge >= 0.3 is 0 Å². The maximum absolute atomic E-state index is 12.3. The fraction of sp³-hybridized carbons (Fsp3) is 0.190. The average Bonchev–Trinajstić information content (AvgIpc) is 3.08. The van der Waals surface area contributed by atoms with Crippen molar-refractivity contribution in [3.05, 3.63) is 59.9 Å². The van der Waals surface area contributed by atoms with E-state index in [1.54, 1.807) is 24.4 Å². The van der Waals surface area contributed by atoms with Crippen LogP contribution in [0, 0.1) is 0 Å². The summed E-state index contributed by atoms with van der Waals surface area (Å²) >= 11 is 0. The van der Waals surface area contributed by atoms with Gasteiger partial charge in [-0.25, -0.2) is 5.43 Å². The van der Waals surface area contributed by atoms with E-state index in [0.717, 1.165) is 22.3 Å². The van der Waals surface area contributed by atoms with Gasteiger partial charge in [-0.1, -0.05) is 37.3 Å². The first kappa shape index (κ1) is 17.8. The lowest BCUT2D eigenvalue weighted by Crippen LogP contribution is -2.44. The van der Waals surface area contributed by atoms with Crippen LogP contribution in [0.2, 0.25) is 0 Å². The zero-order valence-corrected chi connectivity index (χ0v) is 15.3. The lowest BCUT2D eigenvalue weighted by molar-refractivity contribution is -0.125. The SMILES string of the molecule is CCc1oc2ccccc2c1/C=N\NC(=O)CN1C(=O)COc2ccccc21. The molecule has 1 aliphatic heterocycles. The molecule has 0 unspecified atom stereocenters. The Hall–Kier alpha value is -3.61. The number of nitrogens with zero attached hydrogens (tertiary/aromatic N) is 2. The quantitative estimate of drug-likeness (QED) is 0.547. The minimum absolute atomic E-state index is 0.0889. The Morgan fingerprint density at radius 1 is 1.21 bits per heavy atom. The van der Waals surface area contributed by atoms with Crippen molar-refractivity contribution in [1.29, 1.82) is 0 Å². The lowest BCUT2D eigenvalue weighted by atomic mass is 10.1. The Balaban J connectivity index is 1.48. The van der Waals surface area contributed by atoms with Crippen LogP contribution in [0.3, 0.4) is 0 Å². The van der Waals surface area contributed by atoms with Gasteiger partial charge in [0.05, 0.1) is 11.9 Å². The summed E-state index contributed by atoms with van der Waals surface area (Å²) in [5.41, 5.74) is 4.68. The van der Waals surface area contributed by atoms with E-state index < -0.39 is 5.91 Å². The summed E-state index contributed by atoms with van der Waals surface area (Å²) in [6.07, 6.45) is 2.29. The summed E-state index contributed by atoms with van der Waals surface area (Å²) in [5, 5.41) is 5.00. The monoisotopic (exact) mass is 377 g/mol. The molecule has 0 atom stereocenters. The number of rotatable bonds is 5. The molecule has 0 bridgehead atoms. The molecule has 3 aromatic rings. The highest BCUT2D eigenvalue weighted by molar-refractivity contribution is 6.03. The molecule has 28 heavy (non-hydrogen) atoms. The molecule has 2 heterocycles. The lowest BCUT2D eigenvalue weighted by Gasteiger charge is -2.28. The molecule has 0 fully saturated rings. The summed E-state index contributed by atoms with van der Waals surface area (Å²) in [7, 11) is 0. The van der Waals surface area contributed by atoms with Crippen molar-refractivity contribution >= 4 is 34.7 Å². The Morgan fingerprint density at radius 2 is 2.00 bits per heavy atom. The van der Waals surface area contributed by atoms with Crippen molar-refractivity contribution < 1.29 is 18.7 Å². The standard InChI is InChI=1S/C21H19N3O4/c1-2-17-15(14-7-3-5-9-18(14)28-17)11-22-23-20(25)12-24-16-8-4-6-10-19(16)27-13-21(24)26/h3-11H,2,12-13H2,1H3,(H,23,25)/b22-11-. The number of fused-ring (bicyclic) bond motifs is 2. The predicted octanol–water partition coefficient (Wildman–Crippen LogP) is 2.87. The van der Waals surface area contributed by atoms with E-state index >= 15 is 0 Å². The molecule has 4 rings (SSSR count). The van der Waals surface area contributed by atoms with Gasteiger partial charge in [-0.3, -0.25) is 14.5 Å².